The number of fused-ring (bicyclic) bond motifs is 1. The number of para-hydroxylation sites is 1. The van der Waals surface area contributed by atoms with E-state index in [-0.39, 0.29) is 0 Å². The van der Waals surface area contributed by atoms with Crippen LogP contribution in [-0.4, -0.2) is 22.2 Å². The van der Waals surface area contributed by atoms with Gasteiger partial charge in [-0.15, -0.1) is 22.9 Å². The third-order valence-electron chi connectivity index (χ3n) is 4.09. The molecule has 0 fully saturated rings. The molecule has 0 bridgehead atoms. The van der Waals surface area contributed by atoms with Gasteiger partial charge < -0.3 is 9.57 Å². The standard InChI is InChI=1S/C19H17ClN2O2S/c1-19(12-20)10-16(22-24-19)13-6-8-14(9-7-13)23-11-18-21-15-4-2-3-5-17(15)25-18/h2-9H,10-12H2,1H3. The molecule has 1 aliphatic heterocycles. The third-order valence-corrected chi connectivity index (χ3v) is 5.66. The number of ether oxygens (including phenoxy) is 1. The monoisotopic (exact) mass is 372 g/mol. The molecule has 1 atom stereocenters. The molecule has 0 saturated carbocycles. The molecule has 0 radical (unpaired) electrons. The second kappa shape index (κ2) is 6.65. The Morgan fingerprint density at radius 1 is 1.20 bits per heavy atom. The minimum absolute atomic E-state index is 0.404. The summed E-state index contributed by atoms with van der Waals surface area (Å²) in [5.74, 6) is 1.23. The first kappa shape index (κ1) is 16.4. The van der Waals surface area contributed by atoms with Crippen LogP contribution in [0.4, 0.5) is 0 Å². The Bertz CT molecular complexity index is 890. The first-order valence-corrected chi connectivity index (χ1v) is 9.39. The van der Waals surface area contributed by atoms with Gasteiger partial charge in [0.15, 0.2) is 5.60 Å². The molecule has 2 aromatic carbocycles. The topological polar surface area (TPSA) is 43.7 Å². The van der Waals surface area contributed by atoms with E-state index in [4.69, 9.17) is 21.2 Å². The molecule has 25 heavy (non-hydrogen) atoms. The molecule has 128 valence electrons. The Morgan fingerprint density at radius 3 is 2.72 bits per heavy atom. The number of oxime groups is 1. The highest BCUT2D eigenvalue weighted by Gasteiger charge is 2.33. The van der Waals surface area contributed by atoms with Crippen LogP contribution in [-0.2, 0) is 11.4 Å². The van der Waals surface area contributed by atoms with Gasteiger partial charge in [0.1, 0.15) is 17.4 Å². The van der Waals surface area contributed by atoms with Gasteiger partial charge in [0.05, 0.1) is 21.8 Å². The van der Waals surface area contributed by atoms with Gasteiger partial charge in [-0.2, -0.15) is 0 Å². The molecule has 4 nitrogen and oxygen atoms in total. The molecule has 1 aromatic heterocycles. The smallest absolute Gasteiger partial charge is 0.154 e. The fourth-order valence-electron chi connectivity index (χ4n) is 2.68. The van der Waals surface area contributed by atoms with E-state index in [9.17, 15) is 0 Å². The van der Waals surface area contributed by atoms with Crippen LogP contribution in [0.25, 0.3) is 10.2 Å². The maximum Gasteiger partial charge on any atom is 0.154 e. The predicted octanol–water partition coefficient (Wildman–Crippen LogP) is 5.00. The lowest BCUT2D eigenvalue weighted by Gasteiger charge is -2.16. The molecular formula is C19H17ClN2O2S. The molecule has 6 heteroatoms. The highest BCUT2D eigenvalue weighted by molar-refractivity contribution is 7.18. The van der Waals surface area contributed by atoms with Gasteiger partial charge >= 0.3 is 0 Å². The second-order valence-corrected chi connectivity index (χ2v) is 7.66. The predicted molar refractivity (Wildman–Crippen MR) is 102 cm³/mol. The summed E-state index contributed by atoms with van der Waals surface area (Å²) >= 11 is 7.59. The minimum atomic E-state index is -0.404. The average Bonchev–Trinajstić information content (AvgIpc) is 3.24. The van der Waals surface area contributed by atoms with Crippen molar-refractivity contribution in [3.63, 3.8) is 0 Å². The van der Waals surface area contributed by atoms with Crippen molar-refractivity contribution in [3.05, 3.63) is 59.1 Å². The minimum Gasteiger partial charge on any atom is -0.486 e. The Hall–Kier alpha value is -2.11. The van der Waals surface area contributed by atoms with E-state index in [2.05, 4.69) is 16.2 Å². The van der Waals surface area contributed by atoms with Gasteiger partial charge in [-0.3, -0.25) is 0 Å². The fraction of sp³-hybridized carbons (Fsp3) is 0.263. The number of nitrogens with zero attached hydrogens (tertiary/aromatic N) is 2. The summed E-state index contributed by atoms with van der Waals surface area (Å²) in [6.07, 6.45) is 0.711. The number of hydrogen-bond donors (Lipinski definition) is 0. The van der Waals surface area contributed by atoms with Crippen LogP contribution in [0, 0.1) is 0 Å². The van der Waals surface area contributed by atoms with E-state index in [1.165, 1.54) is 4.70 Å². The number of alkyl halides is 1. The van der Waals surface area contributed by atoms with Crippen molar-refractivity contribution in [2.24, 2.45) is 5.16 Å². The highest BCUT2D eigenvalue weighted by atomic mass is 35.5. The molecule has 0 aliphatic carbocycles. The SMILES string of the molecule is CC1(CCl)CC(c2ccc(OCc3nc4ccccc4s3)cc2)=NO1. The Morgan fingerprint density at radius 2 is 2.00 bits per heavy atom. The zero-order valence-electron chi connectivity index (χ0n) is 13.7. The van der Waals surface area contributed by atoms with Crippen molar-refractivity contribution in [2.75, 3.05) is 5.88 Å². The maximum atomic E-state index is 5.93. The molecule has 0 saturated heterocycles. The van der Waals surface area contributed by atoms with Crippen molar-refractivity contribution in [2.45, 2.75) is 25.6 Å². The van der Waals surface area contributed by atoms with Crippen LogP contribution < -0.4 is 4.74 Å². The summed E-state index contributed by atoms with van der Waals surface area (Å²) < 4.78 is 7.04. The lowest BCUT2D eigenvalue weighted by Crippen LogP contribution is -2.26. The summed E-state index contributed by atoms with van der Waals surface area (Å²) in [4.78, 5) is 10.0. The zero-order chi connectivity index (χ0) is 17.3. The number of halogens is 1. The summed E-state index contributed by atoms with van der Waals surface area (Å²) in [5, 5.41) is 5.13. The molecule has 0 N–H and O–H groups in total. The van der Waals surface area contributed by atoms with E-state index >= 15 is 0 Å². The first-order chi connectivity index (χ1) is 12.1. The van der Waals surface area contributed by atoms with Crippen LogP contribution in [0.2, 0.25) is 0 Å². The Balaban J connectivity index is 1.41. The molecule has 0 spiro atoms. The lowest BCUT2D eigenvalue weighted by atomic mass is 9.98. The quantitative estimate of drug-likeness (QED) is 0.592. The normalized spacial score (nSPS) is 19.7. The number of hydrogen-bond acceptors (Lipinski definition) is 5. The van der Waals surface area contributed by atoms with E-state index < -0.39 is 5.60 Å². The number of thiazole rings is 1. The van der Waals surface area contributed by atoms with Crippen molar-refractivity contribution in [1.82, 2.24) is 4.98 Å². The van der Waals surface area contributed by atoms with E-state index in [1.54, 1.807) is 11.3 Å². The number of aromatic nitrogens is 1. The fourth-order valence-corrected chi connectivity index (χ4v) is 3.70. The van der Waals surface area contributed by atoms with Gasteiger partial charge in [0.25, 0.3) is 0 Å². The van der Waals surface area contributed by atoms with E-state index in [1.807, 2.05) is 49.4 Å². The van der Waals surface area contributed by atoms with Gasteiger partial charge in [-0.25, -0.2) is 4.98 Å². The largest absolute Gasteiger partial charge is 0.486 e. The van der Waals surface area contributed by atoms with Crippen molar-refractivity contribution >= 4 is 38.9 Å². The van der Waals surface area contributed by atoms with Gasteiger partial charge in [-0.05, 0) is 48.9 Å². The molecule has 2 heterocycles. The Labute approximate surface area is 155 Å². The highest BCUT2D eigenvalue weighted by Crippen LogP contribution is 2.28. The lowest BCUT2D eigenvalue weighted by molar-refractivity contribution is 0.0152. The number of rotatable bonds is 5. The summed E-state index contributed by atoms with van der Waals surface area (Å²) in [6, 6.07) is 16.0. The van der Waals surface area contributed by atoms with Crippen LogP contribution in [0.1, 0.15) is 23.9 Å². The molecule has 4 rings (SSSR count). The van der Waals surface area contributed by atoms with Crippen molar-refractivity contribution in [3.8, 4) is 5.75 Å². The van der Waals surface area contributed by atoms with Crippen molar-refractivity contribution < 1.29 is 9.57 Å². The Kier molecular flexibility index (Phi) is 4.36. The second-order valence-electron chi connectivity index (χ2n) is 6.28. The summed E-state index contributed by atoms with van der Waals surface area (Å²) in [7, 11) is 0. The van der Waals surface area contributed by atoms with Gasteiger partial charge in [0, 0.05) is 6.42 Å². The average molecular weight is 373 g/mol. The van der Waals surface area contributed by atoms with E-state index in [0.29, 0.717) is 18.9 Å². The molecule has 0 amide bonds. The molecular weight excluding hydrogens is 356 g/mol. The summed E-state index contributed by atoms with van der Waals surface area (Å²) in [6.45, 7) is 2.43. The van der Waals surface area contributed by atoms with Gasteiger partial charge in [-0.1, -0.05) is 17.3 Å². The maximum absolute atomic E-state index is 5.93. The number of benzene rings is 2. The van der Waals surface area contributed by atoms with Crippen LogP contribution >= 0.6 is 22.9 Å². The van der Waals surface area contributed by atoms with Crippen LogP contribution in [0.5, 0.6) is 5.75 Å². The van der Waals surface area contributed by atoms with E-state index in [0.717, 1.165) is 27.5 Å². The summed E-state index contributed by atoms with van der Waals surface area (Å²) in [5.41, 5.74) is 2.56. The van der Waals surface area contributed by atoms with Crippen molar-refractivity contribution in [1.29, 1.82) is 0 Å². The first-order valence-electron chi connectivity index (χ1n) is 8.04. The molecule has 1 aliphatic rings. The van der Waals surface area contributed by atoms with Crippen LogP contribution in [0.3, 0.4) is 0 Å². The van der Waals surface area contributed by atoms with Gasteiger partial charge in [0.2, 0.25) is 0 Å². The van der Waals surface area contributed by atoms with Crippen LogP contribution in [0.15, 0.2) is 53.7 Å². The zero-order valence-corrected chi connectivity index (χ0v) is 15.3. The third kappa shape index (κ3) is 3.48. The molecule has 3 aromatic rings. The molecule has 1 unspecified atom stereocenters.